The fraction of sp³-hybridized carbons (Fsp3) is 0.450. The molecule has 1 aromatic heterocycles. The summed E-state index contributed by atoms with van der Waals surface area (Å²) in [6.07, 6.45) is -0.166. The second-order valence-corrected chi connectivity index (χ2v) is 15.3. The smallest absolute Gasteiger partial charge is 0.239 e. The third-order valence-electron chi connectivity index (χ3n) is 10.5. The third kappa shape index (κ3) is 7.17. The zero-order valence-electron chi connectivity index (χ0n) is 28.6. The summed E-state index contributed by atoms with van der Waals surface area (Å²) in [4.78, 5) is 32.3. The molecule has 1 saturated heterocycles. The highest BCUT2D eigenvalue weighted by Crippen LogP contribution is 2.62. The summed E-state index contributed by atoms with van der Waals surface area (Å²) in [7, 11) is 0. The topological polar surface area (TPSA) is 118 Å². The van der Waals surface area contributed by atoms with Gasteiger partial charge < -0.3 is 25.3 Å². The molecule has 4 N–H and O–H groups in total. The molecule has 6 atom stereocenters. The average molecular weight is 665 g/mol. The van der Waals surface area contributed by atoms with Crippen molar-refractivity contribution in [3.8, 4) is 0 Å². The Morgan fingerprint density at radius 3 is 2.51 bits per heavy atom. The van der Waals surface area contributed by atoms with Gasteiger partial charge in [-0.3, -0.25) is 19.4 Å². The summed E-state index contributed by atoms with van der Waals surface area (Å²) in [5.74, 6) is 0.592. The number of fused-ring (bicyclic) bond motifs is 2. The van der Waals surface area contributed by atoms with Crippen LogP contribution in [0.2, 0.25) is 0 Å². The van der Waals surface area contributed by atoms with Gasteiger partial charge >= 0.3 is 0 Å². The summed E-state index contributed by atoms with van der Waals surface area (Å²) in [5, 5.41) is 30.1. The van der Waals surface area contributed by atoms with Crippen LogP contribution < -0.4 is 10.6 Å². The molecule has 2 unspecified atom stereocenters. The van der Waals surface area contributed by atoms with Gasteiger partial charge in [0.1, 0.15) is 17.4 Å². The van der Waals surface area contributed by atoms with E-state index in [1.54, 1.807) is 0 Å². The highest BCUT2D eigenvalue weighted by atomic mass is 16.3. The van der Waals surface area contributed by atoms with Crippen LogP contribution in [0.5, 0.6) is 0 Å². The second-order valence-electron chi connectivity index (χ2n) is 15.3. The number of carbonyl (C=O) groups excluding carboxylic acids is 2. The summed E-state index contributed by atoms with van der Waals surface area (Å²) >= 11 is 0. The van der Waals surface area contributed by atoms with Crippen molar-refractivity contribution in [3.05, 3.63) is 107 Å². The molecule has 2 amide bonds. The van der Waals surface area contributed by atoms with Crippen LogP contribution in [0.3, 0.4) is 0 Å². The molecule has 1 aliphatic heterocycles. The van der Waals surface area contributed by atoms with Crippen LogP contribution in [0, 0.1) is 5.41 Å². The first kappa shape index (κ1) is 33.5. The van der Waals surface area contributed by atoms with Crippen molar-refractivity contribution in [2.75, 3.05) is 26.2 Å². The number of hydrogen-bond donors (Lipinski definition) is 4. The summed E-state index contributed by atoms with van der Waals surface area (Å²) in [5.41, 5.74) is 2.68. The minimum Gasteiger partial charge on any atom is -0.460 e. The molecule has 1 saturated carbocycles. The lowest BCUT2D eigenvalue weighted by Crippen LogP contribution is -2.62. The molecular formula is C40H48N4O5. The highest BCUT2D eigenvalue weighted by molar-refractivity contribution is 5.88. The van der Waals surface area contributed by atoms with Crippen LogP contribution in [0.15, 0.2) is 89.3 Å². The molecule has 0 radical (unpaired) electrons. The van der Waals surface area contributed by atoms with Crippen molar-refractivity contribution in [2.45, 2.75) is 82.3 Å². The van der Waals surface area contributed by atoms with E-state index in [1.165, 1.54) is 0 Å². The van der Waals surface area contributed by atoms with Gasteiger partial charge in [0.15, 0.2) is 0 Å². The monoisotopic (exact) mass is 664 g/mol. The van der Waals surface area contributed by atoms with Crippen molar-refractivity contribution in [1.82, 2.24) is 20.4 Å². The number of aliphatic hydroxyl groups is 2. The molecule has 7 rings (SSSR count). The zero-order valence-corrected chi connectivity index (χ0v) is 28.6. The van der Waals surface area contributed by atoms with Gasteiger partial charge in [0.2, 0.25) is 11.8 Å². The van der Waals surface area contributed by atoms with E-state index in [2.05, 4.69) is 26.5 Å². The minimum atomic E-state index is -0.841. The molecule has 49 heavy (non-hydrogen) atoms. The van der Waals surface area contributed by atoms with Gasteiger partial charge in [-0.05, 0) is 68.4 Å². The first-order valence-electron chi connectivity index (χ1n) is 17.5. The largest absolute Gasteiger partial charge is 0.460 e. The van der Waals surface area contributed by atoms with Gasteiger partial charge in [0.05, 0.1) is 30.2 Å². The van der Waals surface area contributed by atoms with Gasteiger partial charge in [-0.1, -0.05) is 72.8 Å². The van der Waals surface area contributed by atoms with Crippen molar-refractivity contribution < 1.29 is 24.2 Å². The van der Waals surface area contributed by atoms with Crippen molar-refractivity contribution in [2.24, 2.45) is 5.41 Å². The lowest BCUT2D eigenvalue weighted by molar-refractivity contribution is -0.133. The van der Waals surface area contributed by atoms with Crippen molar-refractivity contribution in [3.63, 3.8) is 0 Å². The molecule has 2 heterocycles. The standard InChI is InChI=1S/C40H48N4O5/c1-39(2,3)42-37(47)33-25-43(24-30-19-28-14-8-10-16-35(28)49-30)17-18-44(33)23-29(45)21-40(22-32(40)26-11-5-4-6-12-26)38(48)41-36-31-15-9-7-13-27(31)20-34(36)46/h4-16,19,29,32-34,36,45-46H,17-18,20-25H2,1-3H3,(H,41,48)(H,42,47)/t29-,32?,33-,34+,36?,40-/m0/s1. The molecule has 2 aliphatic carbocycles. The number of para-hydroxylation sites is 1. The number of hydrogen-bond acceptors (Lipinski definition) is 7. The maximum atomic E-state index is 14.2. The lowest BCUT2D eigenvalue weighted by Gasteiger charge is -2.42. The number of carbonyl (C=O) groups is 2. The highest BCUT2D eigenvalue weighted by Gasteiger charge is 2.61. The molecular weight excluding hydrogens is 616 g/mol. The predicted molar refractivity (Wildman–Crippen MR) is 189 cm³/mol. The molecule has 0 bridgehead atoms. The first-order valence-corrected chi connectivity index (χ1v) is 17.5. The van der Waals surface area contributed by atoms with Crippen LogP contribution in [-0.2, 0) is 22.6 Å². The van der Waals surface area contributed by atoms with E-state index in [-0.39, 0.29) is 30.7 Å². The van der Waals surface area contributed by atoms with E-state index in [9.17, 15) is 19.8 Å². The number of aliphatic hydroxyl groups excluding tert-OH is 2. The molecule has 3 aliphatic rings. The number of nitrogens with one attached hydrogen (secondary N) is 2. The second kappa shape index (κ2) is 13.4. The first-order chi connectivity index (χ1) is 23.5. The van der Waals surface area contributed by atoms with Gasteiger partial charge in [0.25, 0.3) is 0 Å². The number of furan rings is 1. The minimum absolute atomic E-state index is 0.0437. The van der Waals surface area contributed by atoms with Gasteiger partial charge in [0, 0.05) is 43.5 Å². The summed E-state index contributed by atoms with van der Waals surface area (Å²) in [6.45, 7) is 8.55. The zero-order chi connectivity index (χ0) is 34.3. The van der Waals surface area contributed by atoms with E-state index in [4.69, 9.17) is 4.42 Å². The number of benzene rings is 3. The lowest BCUT2D eigenvalue weighted by atomic mass is 9.90. The van der Waals surface area contributed by atoms with Crippen LogP contribution in [0.1, 0.15) is 68.0 Å². The Bertz CT molecular complexity index is 1770. The van der Waals surface area contributed by atoms with E-state index >= 15 is 0 Å². The van der Waals surface area contributed by atoms with Crippen LogP contribution in [0.4, 0.5) is 0 Å². The van der Waals surface area contributed by atoms with E-state index < -0.39 is 35.2 Å². The fourth-order valence-electron chi connectivity index (χ4n) is 8.06. The Hall–Kier alpha value is -4.02. The van der Waals surface area contributed by atoms with Crippen molar-refractivity contribution >= 4 is 22.8 Å². The fourth-order valence-corrected chi connectivity index (χ4v) is 8.06. The number of rotatable bonds is 10. The van der Waals surface area contributed by atoms with E-state index in [1.807, 2.05) is 99.6 Å². The third-order valence-corrected chi connectivity index (χ3v) is 10.5. The number of amides is 2. The number of nitrogens with zero attached hydrogens (tertiary/aromatic N) is 2. The summed E-state index contributed by atoms with van der Waals surface area (Å²) < 4.78 is 6.09. The quantitative estimate of drug-likeness (QED) is 0.197. The van der Waals surface area contributed by atoms with Crippen LogP contribution in [-0.4, -0.2) is 81.8 Å². The van der Waals surface area contributed by atoms with E-state index in [0.717, 1.165) is 33.4 Å². The SMILES string of the molecule is CC(C)(C)NC(=O)[C@@H]1CN(Cc2cc3ccccc3o2)CCN1C[C@@H](O)C[C@]1(C(=O)NC2c3ccccc3C[C@H]2O)CC1c1ccccc1. The van der Waals surface area contributed by atoms with Crippen LogP contribution >= 0.6 is 0 Å². The normalized spacial score (nSPS) is 26.3. The molecule has 9 nitrogen and oxygen atoms in total. The van der Waals surface area contributed by atoms with Gasteiger partial charge in [-0.2, -0.15) is 0 Å². The Morgan fingerprint density at radius 1 is 1.00 bits per heavy atom. The Kier molecular flexibility index (Phi) is 9.13. The van der Waals surface area contributed by atoms with Crippen molar-refractivity contribution in [1.29, 1.82) is 0 Å². The van der Waals surface area contributed by atoms with Crippen LogP contribution in [0.25, 0.3) is 11.0 Å². The number of β-amino-alcohol motifs (C(OH)–C–C–N with tert-alkyl or cyclic N) is 1. The average Bonchev–Trinajstić information content (AvgIpc) is 3.50. The number of piperazine rings is 1. The maximum absolute atomic E-state index is 14.2. The molecule has 3 aromatic carbocycles. The molecule has 9 heteroatoms. The maximum Gasteiger partial charge on any atom is 0.239 e. The molecule has 4 aromatic rings. The predicted octanol–water partition coefficient (Wildman–Crippen LogP) is 4.53. The molecule has 258 valence electrons. The molecule has 2 fully saturated rings. The Balaban J connectivity index is 1.07. The van der Waals surface area contributed by atoms with Gasteiger partial charge in [-0.15, -0.1) is 0 Å². The Labute approximate surface area is 288 Å². The van der Waals surface area contributed by atoms with Gasteiger partial charge in [-0.25, -0.2) is 0 Å². The van der Waals surface area contributed by atoms with E-state index in [0.29, 0.717) is 39.0 Å². The summed E-state index contributed by atoms with van der Waals surface area (Å²) in [6, 6.07) is 26.9. The molecule has 0 spiro atoms. The Morgan fingerprint density at radius 2 is 1.73 bits per heavy atom.